The van der Waals surface area contributed by atoms with Crippen molar-refractivity contribution in [2.24, 2.45) is 0 Å². The van der Waals surface area contributed by atoms with Crippen LogP contribution in [0.3, 0.4) is 0 Å². The van der Waals surface area contributed by atoms with Gasteiger partial charge in [-0.1, -0.05) is 146 Å². The van der Waals surface area contributed by atoms with Crippen LogP contribution in [0, 0.1) is 0 Å². The number of hydrogen-bond acceptors (Lipinski definition) is 5. The minimum atomic E-state index is 0.568. The highest BCUT2D eigenvalue weighted by Crippen LogP contribution is 2.41. The number of nitrogens with zero attached hydrogens (tertiary/aromatic N) is 3. The summed E-state index contributed by atoms with van der Waals surface area (Å²) in [7, 11) is 0. The van der Waals surface area contributed by atoms with E-state index >= 15 is 0 Å². The first kappa shape index (κ1) is 30.8. The summed E-state index contributed by atoms with van der Waals surface area (Å²) in [5.41, 5.74) is 8.00. The zero-order valence-corrected chi connectivity index (χ0v) is 29.9. The van der Waals surface area contributed by atoms with Gasteiger partial charge in [0.25, 0.3) is 0 Å². The topological polar surface area (TPSA) is 65.0 Å². The lowest BCUT2D eigenvalue weighted by molar-refractivity contribution is 0.668. The third-order valence-corrected chi connectivity index (χ3v) is 11.1. The van der Waals surface area contributed by atoms with Crippen molar-refractivity contribution in [1.29, 1.82) is 0 Å². The average Bonchev–Trinajstić information content (AvgIpc) is 3.84. The van der Waals surface area contributed by atoms with Crippen LogP contribution in [0.4, 0.5) is 0 Å². The predicted octanol–water partition coefficient (Wildman–Crippen LogP) is 13.8. The van der Waals surface area contributed by atoms with Gasteiger partial charge in [-0.05, 0) is 73.8 Å². The lowest BCUT2D eigenvalue weighted by Gasteiger charge is -2.14. The highest BCUT2D eigenvalue weighted by atomic mass is 16.3. The van der Waals surface area contributed by atoms with Crippen molar-refractivity contribution >= 4 is 76.2 Å². The Kier molecular flexibility index (Phi) is 6.56. The first-order valence-electron chi connectivity index (χ1n) is 18.8. The number of furan rings is 2. The van der Waals surface area contributed by atoms with Gasteiger partial charge in [0.05, 0.1) is 0 Å². The normalized spacial score (nSPS) is 11.9. The van der Waals surface area contributed by atoms with Gasteiger partial charge in [-0.3, -0.25) is 0 Å². The maximum Gasteiger partial charge on any atom is 0.164 e. The summed E-state index contributed by atoms with van der Waals surface area (Å²) in [5, 5.41) is 11.4. The Morgan fingerprint density at radius 2 is 0.750 bits per heavy atom. The molecule has 0 aliphatic rings. The molecule has 0 bridgehead atoms. The summed E-state index contributed by atoms with van der Waals surface area (Å²) in [6.45, 7) is 0. The maximum absolute atomic E-state index is 6.32. The van der Waals surface area contributed by atoms with Crippen LogP contribution in [0.15, 0.2) is 185 Å². The van der Waals surface area contributed by atoms with Gasteiger partial charge >= 0.3 is 0 Å². The molecule has 0 atom stereocenters. The second kappa shape index (κ2) is 11.9. The molecule has 0 fully saturated rings. The number of benzene rings is 9. The van der Waals surface area contributed by atoms with Crippen molar-refractivity contribution < 1.29 is 8.83 Å². The van der Waals surface area contributed by atoms with E-state index in [0.29, 0.717) is 17.5 Å². The number of fused-ring (bicyclic) bond motifs is 11. The van der Waals surface area contributed by atoms with Crippen molar-refractivity contribution in [3.8, 4) is 45.3 Å². The van der Waals surface area contributed by atoms with Crippen LogP contribution in [0.25, 0.3) is 121 Å². The minimum absolute atomic E-state index is 0.568. The van der Waals surface area contributed by atoms with Gasteiger partial charge in [0.1, 0.15) is 22.3 Å². The van der Waals surface area contributed by atoms with Crippen LogP contribution in [0.2, 0.25) is 0 Å². The Labute approximate surface area is 320 Å². The first-order valence-corrected chi connectivity index (χ1v) is 18.8. The molecule has 0 N–H and O–H groups in total. The molecule has 9 aromatic carbocycles. The van der Waals surface area contributed by atoms with Crippen LogP contribution in [0.1, 0.15) is 0 Å². The molecule has 12 aromatic rings. The molecular formula is C51H29N3O2. The summed E-state index contributed by atoms with van der Waals surface area (Å²) < 4.78 is 12.6. The van der Waals surface area contributed by atoms with Crippen LogP contribution >= 0.6 is 0 Å². The molecule has 3 heterocycles. The molecule has 12 rings (SSSR count). The standard InChI is InChI=1S/C51H29N3O2/c1-2-13-35-30(11-1)23-24-31-25-26-33-29-32(27-28-36(33)46(31)35)34-12-3-4-14-37(34)49-52-50(40-17-9-21-44-47(40)38-15-5-7-19-42(38)55-44)54-51(53-49)41-18-10-22-45-48(41)39-16-6-8-20-43(39)56-45/h1-29H. The van der Waals surface area contributed by atoms with E-state index in [0.717, 1.165) is 71.7 Å². The monoisotopic (exact) mass is 715 g/mol. The number of aromatic nitrogens is 3. The second-order valence-electron chi connectivity index (χ2n) is 14.3. The van der Waals surface area contributed by atoms with E-state index in [1.165, 1.54) is 32.3 Å². The molecule has 0 spiro atoms. The van der Waals surface area contributed by atoms with E-state index < -0.39 is 0 Å². The fourth-order valence-electron chi connectivity index (χ4n) is 8.59. The molecule has 0 aliphatic carbocycles. The smallest absolute Gasteiger partial charge is 0.164 e. The second-order valence-corrected chi connectivity index (χ2v) is 14.3. The molecule has 0 radical (unpaired) electrons. The zero-order valence-electron chi connectivity index (χ0n) is 29.9. The SMILES string of the molecule is c1ccc(-c2nc(-c3cccc4oc5ccccc5c34)nc(-c3cccc4oc5ccccc5c34)n2)c(-c2ccc3c(ccc4ccc5ccccc5c43)c2)c1. The van der Waals surface area contributed by atoms with Crippen LogP contribution < -0.4 is 0 Å². The van der Waals surface area contributed by atoms with E-state index in [1.807, 2.05) is 60.7 Å². The highest BCUT2D eigenvalue weighted by Gasteiger charge is 2.21. The number of hydrogen-bond donors (Lipinski definition) is 0. The molecular weight excluding hydrogens is 687 g/mol. The van der Waals surface area contributed by atoms with E-state index in [1.54, 1.807) is 0 Å². The molecule has 0 saturated carbocycles. The highest BCUT2D eigenvalue weighted by molar-refractivity contribution is 6.20. The Balaban J connectivity index is 1.11. The Bertz CT molecular complexity index is 3430. The summed E-state index contributed by atoms with van der Waals surface area (Å²) in [6, 6.07) is 61.1. The number of para-hydroxylation sites is 2. The summed E-state index contributed by atoms with van der Waals surface area (Å²) in [5.74, 6) is 1.72. The lowest BCUT2D eigenvalue weighted by Crippen LogP contribution is -2.01. The van der Waals surface area contributed by atoms with Crippen molar-refractivity contribution in [3.63, 3.8) is 0 Å². The molecule has 5 heteroatoms. The third kappa shape index (κ3) is 4.64. The van der Waals surface area contributed by atoms with Gasteiger partial charge in [-0.2, -0.15) is 0 Å². The fourth-order valence-corrected chi connectivity index (χ4v) is 8.59. The van der Waals surface area contributed by atoms with E-state index in [4.69, 9.17) is 23.8 Å². The van der Waals surface area contributed by atoms with Gasteiger partial charge in [0, 0.05) is 38.2 Å². The fraction of sp³-hybridized carbons (Fsp3) is 0. The van der Waals surface area contributed by atoms with Crippen molar-refractivity contribution in [1.82, 2.24) is 15.0 Å². The maximum atomic E-state index is 6.32. The number of rotatable bonds is 4. The molecule has 3 aromatic heterocycles. The minimum Gasteiger partial charge on any atom is -0.456 e. The Morgan fingerprint density at radius 3 is 1.41 bits per heavy atom. The first-order chi connectivity index (χ1) is 27.7. The van der Waals surface area contributed by atoms with E-state index in [9.17, 15) is 0 Å². The Morgan fingerprint density at radius 1 is 0.286 bits per heavy atom. The van der Waals surface area contributed by atoms with Crippen molar-refractivity contribution in [2.45, 2.75) is 0 Å². The van der Waals surface area contributed by atoms with E-state index in [-0.39, 0.29) is 0 Å². The van der Waals surface area contributed by atoms with Crippen LogP contribution in [-0.2, 0) is 0 Å². The van der Waals surface area contributed by atoms with Gasteiger partial charge < -0.3 is 8.83 Å². The summed E-state index contributed by atoms with van der Waals surface area (Å²) >= 11 is 0. The third-order valence-electron chi connectivity index (χ3n) is 11.1. The molecule has 5 nitrogen and oxygen atoms in total. The quantitative estimate of drug-likeness (QED) is 0.170. The zero-order chi connectivity index (χ0) is 36.7. The molecule has 0 unspecified atom stereocenters. The molecule has 0 amide bonds. The molecule has 0 aliphatic heterocycles. The summed E-state index contributed by atoms with van der Waals surface area (Å²) in [6.07, 6.45) is 0. The van der Waals surface area contributed by atoms with Crippen molar-refractivity contribution in [3.05, 3.63) is 176 Å². The lowest BCUT2D eigenvalue weighted by atomic mass is 9.93. The van der Waals surface area contributed by atoms with Gasteiger partial charge in [0.15, 0.2) is 17.5 Å². The predicted molar refractivity (Wildman–Crippen MR) is 229 cm³/mol. The molecule has 56 heavy (non-hydrogen) atoms. The Hall–Kier alpha value is -7.63. The van der Waals surface area contributed by atoms with Crippen LogP contribution in [0.5, 0.6) is 0 Å². The van der Waals surface area contributed by atoms with Gasteiger partial charge in [-0.25, -0.2) is 15.0 Å². The molecule has 260 valence electrons. The average molecular weight is 716 g/mol. The molecule has 0 saturated heterocycles. The van der Waals surface area contributed by atoms with E-state index in [2.05, 4.69) is 115 Å². The van der Waals surface area contributed by atoms with Gasteiger partial charge in [0.2, 0.25) is 0 Å². The largest absolute Gasteiger partial charge is 0.456 e. The van der Waals surface area contributed by atoms with Crippen molar-refractivity contribution in [2.75, 3.05) is 0 Å². The van der Waals surface area contributed by atoms with Crippen LogP contribution in [-0.4, -0.2) is 15.0 Å². The summed E-state index contributed by atoms with van der Waals surface area (Å²) in [4.78, 5) is 15.9. The van der Waals surface area contributed by atoms with Gasteiger partial charge in [-0.15, -0.1) is 0 Å².